The fraction of sp³-hybridized carbons (Fsp3) is 0.812. The Morgan fingerprint density at radius 3 is 1.53 bits per heavy atom. The SMILES string of the molecule is C=CC(=O)OC.CCCC[PH2](CCCC)CCCC. The van der Waals surface area contributed by atoms with Crippen molar-refractivity contribution in [2.45, 2.75) is 59.3 Å². The first-order valence-corrected chi connectivity index (χ1v) is 10.3. The molecule has 0 rings (SSSR count). The van der Waals surface area contributed by atoms with Gasteiger partial charge in [-0.25, -0.2) is 4.79 Å². The van der Waals surface area contributed by atoms with Crippen molar-refractivity contribution in [3.05, 3.63) is 12.7 Å². The van der Waals surface area contributed by atoms with Crippen LogP contribution in [0.3, 0.4) is 0 Å². The molecule has 0 radical (unpaired) electrons. The summed E-state index contributed by atoms with van der Waals surface area (Å²) < 4.78 is 4.14. The van der Waals surface area contributed by atoms with Gasteiger partial charge in [0.25, 0.3) is 0 Å². The average Bonchev–Trinajstić information content (AvgIpc) is 2.46. The van der Waals surface area contributed by atoms with Crippen LogP contribution in [0.1, 0.15) is 59.3 Å². The fourth-order valence-electron chi connectivity index (χ4n) is 1.99. The predicted molar refractivity (Wildman–Crippen MR) is 91.2 cm³/mol. The van der Waals surface area contributed by atoms with Crippen LogP contribution >= 0.6 is 7.92 Å². The maximum absolute atomic E-state index is 9.84. The quantitative estimate of drug-likeness (QED) is 0.332. The van der Waals surface area contributed by atoms with Gasteiger partial charge < -0.3 is 4.74 Å². The van der Waals surface area contributed by atoms with Gasteiger partial charge in [-0.1, -0.05) is 6.58 Å². The van der Waals surface area contributed by atoms with Crippen molar-refractivity contribution in [2.75, 3.05) is 25.6 Å². The molecule has 0 aromatic carbocycles. The molecule has 0 aliphatic heterocycles. The van der Waals surface area contributed by atoms with Crippen molar-refractivity contribution >= 4 is 13.9 Å². The molecular formula is C16H35O2P. The van der Waals surface area contributed by atoms with Crippen molar-refractivity contribution in [3.63, 3.8) is 0 Å². The Hall–Kier alpha value is -0.360. The first-order valence-electron chi connectivity index (χ1n) is 7.86. The van der Waals surface area contributed by atoms with Crippen LogP contribution in [0.2, 0.25) is 0 Å². The van der Waals surface area contributed by atoms with Gasteiger partial charge in [-0.2, -0.15) is 0 Å². The van der Waals surface area contributed by atoms with Crippen molar-refractivity contribution in [2.24, 2.45) is 0 Å². The van der Waals surface area contributed by atoms with Gasteiger partial charge in [-0.15, -0.1) is 0 Å². The summed E-state index contributed by atoms with van der Waals surface area (Å²) in [6.07, 6.45) is 14.7. The summed E-state index contributed by atoms with van der Waals surface area (Å²) in [6, 6.07) is 0. The number of hydrogen-bond acceptors (Lipinski definition) is 2. The van der Waals surface area contributed by atoms with E-state index >= 15 is 0 Å². The molecule has 0 atom stereocenters. The van der Waals surface area contributed by atoms with Crippen molar-refractivity contribution in [3.8, 4) is 0 Å². The summed E-state index contributed by atoms with van der Waals surface area (Å²) in [5, 5.41) is 0. The first-order chi connectivity index (χ1) is 9.15. The molecule has 0 aliphatic carbocycles. The van der Waals surface area contributed by atoms with E-state index in [2.05, 4.69) is 32.1 Å². The zero-order valence-corrected chi connectivity index (χ0v) is 14.7. The van der Waals surface area contributed by atoms with Crippen LogP contribution in [0.15, 0.2) is 12.7 Å². The second-order valence-corrected chi connectivity index (χ2v) is 8.48. The molecule has 0 unspecified atom stereocenters. The molecule has 0 fully saturated rings. The monoisotopic (exact) mass is 290 g/mol. The summed E-state index contributed by atoms with van der Waals surface area (Å²) in [4.78, 5) is 9.84. The van der Waals surface area contributed by atoms with Gasteiger partial charge in [-0.3, -0.25) is 0 Å². The fourth-order valence-corrected chi connectivity index (χ4v) is 5.82. The third-order valence-corrected chi connectivity index (χ3v) is 6.94. The Kier molecular flexibility index (Phi) is 19.4. The van der Waals surface area contributed by atoms with Crippen LogP contribution in [0.25, 0.3) is 0 Å². The van der Waals surface area contributed by atoms with E-state index in [-0.39, 0.29) is 7.92 Å². The molecule has 0 heterocycles. The molecule has 2 nitrogen and oxygen atoms in total. The summed E-state index contributed by atoms with van der Waals surface area (Å²) in [7, 11) is 1.02. The number of ether oxygens (including phenoxy) is 1. The molecule has 19 heavy (non-hydrogen) atoms. The van der Waals surface area contributed by atoms with E-state index < -0.39 is 5.97 Å². The zero-order valence-electron chi connectivity index (χ0n) is 13.5. The van der Waals surface area contributed by atoms with Crippen LogP contribution in [-0.2, 0) is 9.53 Å². The molecule has 0 amide bonds. The van der Waals surface area contributed by atoms with Crippen LogP contribution in [0.4, 0.5) is 0 Å². The summed E-state index contributed by atoms with van der Waals surface area (Å²) in [6.45, 7) is 10.1. The summed E-state index contributed by atoms with van der Waals surface area (Å²) in [5.74, 6) is -0.394. The van der Waals surface area contributed by atoms with Crippen molar-refractivity contribution in [1.29, 1.82) is 0 Å². The molecule has 0 aromatic rings. The van der Waals surface area contributed by atoms with Gasteiger partial charge in [0.05, 0.1) is 7.11 Å². The van der Waals surface area contributed by atoms with Gasteiger partial charge in [0, 0.05) is 6.08 Å². The van der Waals surface area contributed by atoms with Gasteiger partial charge >= 0.3 is 91.7 Å². The van der Waals surface area contributed by atoms with E-state index in [0.29, 0.717) is 0 Å². The number of carbonyl (C=O) groups excluding carboxylic acids is 1. The summed E-state index contributed by atoms with van der Waals surface area (Å²) in [5.41, 5.74) is 0. The van der Waals surface area contributed by atoms with E-state index in [0.717, 1.165) is 6.08 Å². The summed E-state index contributed by atoms with van der Waals surface area (Å²) >= 11 is 0. The third-order valence-electron chi connectivity index (χ3n) is 3.27. The van der Waals surface area contributed by atoms with Crippen molar-refractivity contribution < 1.29 is 9.53 Å². The molecule has 0 N–H and O–H groups in total. The Balaban J connectivity index is 0. The normalized spacial score (nSPS) is 10.2. The van der Waals surface area contributed by atoms with E-state index in [4.69, 9.17) is 0 Å². The Morgan fingerprint density at radius 2 is 1.37 bits per heavy atom. The molecular weight excluding hydrogens is 255 g/mol. The van der Waals surface area contributed by atoms with E-state index in [1.807, 2.05) is 0 Å². The zero-order chi connectivity index (χ0) is 14.9. The second kappa shape index (κ2) is 17.6. The van der Waals surface area contributed by atoms with Crippen molar-refractivity contribution in [1.82, 2.24) is 0 Å². The molecule has 0 aromatic heterocycles. The number of esters is 1. The minimum atomic E-state index is -0.394. The number of rotatable bonds is 10. The molecule has 0 saturated carbocycles. The Labute approximate surface area is 121 Å². The molecule has 0 aliphatic rings. The molecule has 0 spiro atoms. The molecule has 116 valence electrons. The Morgan fingerprint density at radius 1 is 1.00 bits per heavy atom. The van der Waals surface area contributed by atoms with Crippen LogP contribution in [0, 0.1) is 0 Å². The van der Waals surface area contributed by atoms with Crippen LogP contribution in [0.5, 0.6) is 0 Å². The van der Waals surface area contributed by atoms with Crippen LogP contribution < -0.4 is 0 Å². The molecule has 0 bridgehead atoms. The van der Waals surface area contributed by atoms with Gasteiger partial charge in [-0.05, 0) is 0 Å². The number of methoxy groups -OCH3 is 1. The minimum absolute atomic E-state index is 0.287. The van der Waals surface area contributed by atoms with E-state index in [9.17, 15) is 4.79 Å². The average molecular weight is 290 g/mol. The van der Waals surface area contributed by atoms with Gasteiger partial charge in [0.1, 0.15) is 0 Å². The van der Waals surface area contributed by atoms with Gasteiger partial charge in [0.2, 0.25) is 0 Å². The van der Waals surface area contributed by atoms with Crippen LogP contribution in [-0.4, -0.2) is 31.6 Å². The standard InChI is InChI=1S/C12H29P.C4H6O2/c1-4-7-10-13(11-8-5-2)12-9-6-3;1-3-4(5)6-2/h4-13H2,1-3H3;3H,1H2,2H3. The second-order valence-electron chi connectivity index (χ2n) is 5.02. The molecule has 0 saturated heterocycles. The third kappa shape index (κ3) is 17.6. The first kappa shape index (κ1) is 20.9. The van der Waals surface area contributed by atoms with Gasteiger partial charge in [0.15, 0.2) is 0 Å². The predicted octanol–water partition coefficient (Wildman–Crippen LogP) is 4.68. The Bertz CT molecular complexity index is 186. The number of carbonyl (C=O) groups is 1. The number of hydrogen-bond donors (Lipinski definition) is 0. The van der Waals surface area contributed by atoms with E-state index in [1.165, 1.54) is 45.6 Å². The number of unbranched alkanes of at least 4 members (excludes halogenated alkanes) is 3. The maximum atomic E-state index is 9.84. The molecule has 3 heteroatoms. The van der Waals surface area contributed by atoms with E-state index in [1.54, 1.807) is 18.5 Å². The topological polar surface area (TPSA) is 26.3 Å².